The third-order valence-corrected chi connectivity index (χ3v) is 4.73. The molecule has 0 radical (unpaired) electrons. The number of rotatable bonds is 4. The Labute approximate surface area is 161 Å². The third-order valence-electron chi connectivity index (χ3n) is 4.73. The van der Waals surface area contributed by atoms with E-state index in [1.54, 1.807) is 45.6 Å². The molecule has 2 heterocycles. The molecule has 4 rings (SSSR count). The van der Waals surface area contributed by atoms with Crippen LogP contribution in [0.3, 0.4) is 0 Å². The van der Waals surface area contributed by atoms with Crippen molar-refractivity contribution in [3.63, 3.8) is 0 Å². The Morgan fingerprint density at radius 1 is 1.00 bits per heavy atom. The summed E-state index contributed by atoms with van der Waals surface area (Å²) in [6, 6.07) is 9.19. The summed E-state index contributed by atoms with van der Waals surface area (Å²) in [6.45, 7) is 0.100. The van der Waals surface area contributed by atoms with Gasteiger partial charge in [0.05, 0.1) is 27.2 Å². The smallest absolute Gasteiger partial charge is 0.231 e. The summed E-state index contributed by atoms with van der Waals surface area (Å²) in [7, 11) is 4.63. The first-order valence-electron chi connectivity index (χ1n) is 8.42. The summed E-state index contributed by atoms with van der Waals surface area (Å²) in [5.41, 5.74) is 7.72. The number of nitrogens with two attached hydrogens (primary N) is 1. The minimum atomic E-state index is -0.544. The number of hydrogen-bond acceptors (Lipinski definition) is 8. The van der Waals surface area contributed by atoms with Gasteiger partial charge in [-0.2, -0.15) is 5.26 Å². The molecule has 0 aliphatic carbocycles. The zero-order valence-electron chi connectivity index (χ0n) is 15.6. The van der Waals surface area contributed by atoms with Gasteiger partial charge >= 0.3 is 0 Å². The van der Waals surface area contributed by atoms with Crippen molar-refractivity contribution in [3.05, 3.63) is 46.8 Å². The molecular weight excluding hydrogens is 364 g/mol. The summed E-state index contributed by atoms with van der Waals surface area (Å²) in [5, 5.41) is 9.78. The highest BCUT2D eigenvalue weighted by Crippen LogP contribution is 2.51. The van der Waals surface area contributed by atoms with Crippen molar-refractivity contribution in [2.45, 2.75) is 5.92 Å². The van der Waals surface area contributed by atoms with Gasteiger partial charge in [0.1, 0.15) is 28.9 Å². The van der Waals surface area contributed by atoms with E-state index in [-0.39, 0.29) is 18.2 Å². The summed E-state index contributed by atoms with van der Waals surface area (Å²) in [4.78, 5) is 0. The van der Waals surface area contributed by atoms with Crippen LogP contribution in [0.1, 0.15) is 17.0 Å². The largest absolute Gasteiger partial charge is 0.496 e. The van der Waals surface area contributed by atoms with Crippen molar-refractivity contribution in [1.82, 2.24) is 0 Å². The van der Waals surface area contributed by atoms with Gasteiger partial charge in [-0.3, -0.25) is 0 Å². The highest BCUT2D eigenvalue weighted by atomic mass is 16.7. The van der Waals surface area contributed by atoms with E-state index < -0.39 is 5.92 Å². The van der Waals surface area contributed by atoms with Gasteiger partial charge in [0.2, 0.25) is 18.4 Å². The molecule has 8 heteroatoms. The molecule has 0 aromatic heterocycles. The zero-order valence-corrected chi connectivity index (χ0v) is 15.6. The fourth-order valence-corrected chi connectivity index (χ4v) is 3.46. The van der Waals surface area contributed by atoms with Crippen LogP contribution in [0.15, 0.2) is 35.7 Å². The topological polar surface area (TPSA) is 105 Å². The average molecular weight is 382 g/mol. The standard InChI is InChI=1S/C20H18N2O6/c1-23-11-6-13(24-2)18-14(7-11)28-20(22)12(8-21)17(18)10-4-15(25-3)19-16(5-10)26-9-27-19/h4-7,17H,9,22H2,1-3H3. The van der Waals surface area contributed by atoms with Crippen LogP contribution in [0, 0.1) is 11.3 Å². The van der Waals surface area contributed by atoms with E-state index in [4.69, 9.17) is 34.2 Å². The van der Waals surface area contributed by atoms with E-state index in [0.717, 1.165) is 5.56 Å². The fraction of sp³-hybridized carbons (Fsp3) is 0.250. The zero-order chi connectivity index (χ0) is 19.8. The molecule has 0 spiro atoms. The number of hydrogen-bond donors (Lipinski definition) is 1. The van der Waals surface area contributed by atoms with E-state index in [9.17, 15) is 5.26 Å². The van der Waals surface area contributed by atoms with Crippen molar-refractivity contribution in [1.29, 1.82) is 5.26 Å². The molecule has 0 amide bonds. The van der Waals surface area contributed by atoms with Gasteiger partial charge in [0.15, 0.2) is 11.5 Å². The summed E-state index contributed by atoms with van der Waals surface area (Å²) in [6.07, 6.45) is 0. The van der Waals surface area contributed by atoms with Crippen molar-refractivity contribution in [2.75, 3.05) is 28.1 Å². The quantitative estimate of drug-likeness (QED) is 0.860. The van der Waals surface area contributed by atoms with E-state index in [0.29, 0.717) is 40.1 Å². The molecule has 144 valence electrons. The Kier molecular flexibility index (Phi) is 4.28. The van der Waals surface area contributed by atoms with Gasteiger partial charge in [0.25, 0.3) is 0 Å². The van der Waals surface area contributed by atoms with Crippen molar-refractivity contribution in [2.24, 2.45) is 5.73 Å². The predicted molar refractivity (Wildman–Crippen MR) is 98.0 cm³/mol. The maximum atomic E-state index is 9.78. The maximum Gasteiger partial charge on any atom is 0.231 e. The summed E-state index contributed by atoms with van der Waals surface area (Å²) in [5.74, 6) is 2.55. The number of ether oxygens (including phenoxy) is 6. The summed E-state index contributed by atoms with van der Waals surface area (Å²) >= 11 is 0. The molecule has 1 atom stereocenters. The molecule has 2 N–H and O–H groups in total. The number of fused-ring (bicyclic) bond motifs is 2. The van der Waals surface area contributed by atoms with Gasteiger partial charge in [-0.25, -0.2) is 0 Å². The van der Waals surface area contributed by atoms with Gasteiger partial charge in [-0.15, -0.1) is 0 Å². The van der Waals surface area contributed by atoms with Gasteiger partial charge in [-0.05, 0) is 17.7 Å². The van der Waals surface area contributed by atoms with Crippen LogP contribution in [-0.2, 0) is 0 Å². The Hall–Kier alpha value is -3.73. The van der Waals surface area contributed by atoms with Crippen molar-refractivity contribution >= 4 is 0 Å². The van der Waals surface area contributed by atoms with Crippen LogP contribution in [-0.4, -0.2) is 28.1 Å². The van der Waals surface area contributed by atoms with Crippen LogP contribution in [0.5, 0.6) is 34.5 Å². The predicted octanol–water partition coefficient (Wildman–Crippen LogP) is 2.66. The Morgan fingerprint density at radius 3 is 2.46 bits per heavy atom. The molecule has 8 nitrogen and oxygen atoms in total. The number of methoxy groups -OCH3 is 3. The Bertz CT molecular complexity index is 1020. The van der Waals surface area contributed by atoms with E-state index >= 15 is 0 Å². The fourth-order valence-electron chi connectivity index (χ4n) is 3.46. The SMILES string of the molecule is COc1cc(OC)c2c(c1)OC(N)=C(C#N)C2c1cc(OC)c2c(c1)OCO2. The number of allylic oxidation sites excluding steroid dienone is 1. The molecule has 2 aromatic carbocycles. The first-order valence-corrected chi connectivity index (χ1v) is 8.42. The molecule has 0 fully saturated rings. The van der Waals surface area contributed by atoms with E-state index in [2.05, 4.69) is 6.07 Å². The van der Waals surface area contributed by atoms with E-state index in [1.807, 2.05) is 0 Å². The third kappa shape index (κ3) is 2.60. The molecule has 2 aliphatic heterocycles. The van der Waals surface area contributed by atoms with Crippen LogP contribution in [0.2, 0.25) is 0 Å². The van der Waals surface area contributed by atoms with Crippen molar-refractivity contribution < 1.29 is 28.4 Å². The maximum absolute atomic E-state index is 9.78. The minimum absolute atomic E-state index is 0.0203. The van der Waals surface area contributed by atoms with Crippen LogP contribution < -0.4 is 34.2 Å². The molecule has 0 saturated carbocycles. The Morgan fingerprint density at radius 2 is 1.79 bits per heavy atom. The molecular formula is C20H18N2O6. The first-order chi connectivity index (χ1) is 13.6. The highest BCUT2D eigenvalue weighted by molar-refractivity contribution is 5.65. The number of benzene rings is 2. The lowest BCUT2D eigenvalue weighted by atomic mass is 9.82. The second-order valence-corrected chi connectivity index (χ2v) is 6.12. The molecule has 28 heavy (non-hydrogen) atoms. The van der Waals surface area contributed by atoms with Gasteiger partial charge in [0, 0.05) is 17.7 Å². The normalized spacial score (nSPS) is 16.7. The monoisotopic (exact) mass is 382 g/mol. The second kappa shape index (κ2) is 6.78. The minimum Gasteiger partial charge on any atom is -0.496 e. The van der Waals surface area contributed by atoms with Gasteiger partial charge < -0.3 is 34.2 Å². The van der Waals surface area contributed by atoms with Crippen LogP contribution >= 0.6 is 0 Å². The number of nitrogens with zero attached hydrogens (tertiary/aromatic N) is 1. The van der Waals surface area contributed by atoms with Crippen LogP contribution in [0.25, 0.3) is 0 Å². The second-order valence-electron chi connectivity index (χ2n) is 6.12. The number of nitriles is 1. The molecule has 1 unspecified atom stereocenters. The molecule has 0 saturated heterocycles. The van der Waals surface area contributed by atoms with Crippen molar-refractivity contribution in [3.8, 4) is 40.6 Å². The lowest BCUT2D eigenvalue weighted by molar-refractivity contribution is 0.171. The van der Waals surface area contributed by atoms with E-state index in [1.165, 1.54) is 0 Å². The Balaban J connectivity index is 1.98. The molecule has 2 aromatic rings. The lowest BCUT2D eigenvalue weighted by Gasteiger charge is -2.28. The molecule has 2 aliphatic rings. The first kappa shape index (κ1) is 17.7. The van der Waals surface area contributed by atoms with Gasteiger partial charge in [-0.1, -0.05) is 0 Å². The van der Waals surface area contributed by atoms with Crippen LogP contribution in [0.4, 0.5) is 0 Å². The highest BCUT2D eigenvalue weighted by Gasteiger charge is 2.36. The average Bonchev–Trinajstić information content (AvgIpc) is 3.19. The lowest BCUT2D eigenvalue weighted by Crippen LogP contribution is -2.21. The summed E-state index contributed by atoms with van der Waals surface area (Å²) < 4.78 is 33.0. The molecule has 0 bridgehead atoms.